The third-order valence-corrected chi connectivity index (χ3v) is 8.38. The van der Waals surface area contributed by atoms with Crippen LogP contribution in [0.5, 0.6) is 0 Å². The van der Waals surface area contributed by atoms with Crippen molar-refractivity contribution in [2.45, 2.75) is 44.1 Å². The summed E-state index contributed by atoms with van der Waals surface area (Å²) >= 11 is 6.16. The fraction of sp³-hybridized carbons (Fsp3) is 0.476. The van der Waals surface area contributed by atoms with Gasteiger partial charge in [0.2, 0.25) is 0 Å². The molecule has 1 aromatic carbocycles. The number of aromatic nitrogens is 2. The third kappa shape index (κ3) is 4.77. The highest BCUT2D eigenvalue weighted by Gasteiger charge is 2.50. The number of carbonyl (C=O) groups excluding carboxylic acids is 1. The highest BCUT2D eigenvalue weighted by molar-refractivity contribution is 7.83. The van der Waals surface area contributed by atoms with E-state index in [1.807, 2.05) is 13.0 Å². The Morgan fingerprint density at radius 1 is 1.32 bits per heavy atom. The molecular weight excluding hydrogens is 483 g/mol. The first-order valence-electron chi connectivity index (χ1n) is 10.8. The molecule has 184 valence electrons. The SMILES string of the molecule is CC[C@H]1O[C@@H](n2cnc3c2N=CNC3NC(=O)c2ccccc2)[C@@H](OC)C1OP(=O)(Cl)N(C)C. The van der Waals surface area contributed by atoms with Crippen molar-refractivity contribution in [2.75, 3.05) is 21.2 Å². The standard InChI is InChI=1S/C21H28ClN6O5P/c1-5-14-16(33-34(22,30)27(2)3)17(31-4)21(32-14)28-12-25-15-18(23-11-24-19(15)28)26-20(29)13-9-7-6-8-10-13/h6-12,14,16-18,21H,5H2,1-4H3,(H,23,24)(H,26,29)/t14-,16?,17+,18?,21-,34?/m1/s1. The number of ether oxygens (including phenoxy) is 2. The molecule has 4 rings (SSSR count). The van der Waals surface area contributed by atoms with Gasteiger partial charge in [0.15, 0.2) is 12.0 Å². The van der Waals surface area contributed by atoms with E-state index in [0.717, 1.165) is 0 Å². The Bertz CT molecular complexity index is 1100. The fourth-order valence-corrected chi connectivity index (χ4v) is 4.96. The monoisotopic (exact) mass is 510 g/mol. The molecule has 2 aromatic rings. The number of rotatable bonds is 8. The molecule has 0 radical (unpaired) electrons. The largest absolute Gasteiger partial charge is 0.374 e. The van der Waals surface area contributed by atoms with Gasteiger partial charge in [-0.3, -0.25) is 18.5 Å². The van der Waals surface area contributed by atoms with E-state index in [9.17, 15) is 9.36 Å². The first kappa shape index (κ1) is 24.8. The molecule has 1 amide bonds. The normalized spacial score (nSPS) is 27.8. The third-order valence-electron chi connectivity index (χ3n) is 5.77. The fourth-order valence-electron chi connectivity index (χ4n) is 3.94. The molecule has 11 nitrogen and oxygen atoms in total. The maximum atomic E-state index is 12.7. The predicted octanol–water partition coefficient (Wildman–Crippen LogP) is 3.19. The summed E-state index contributed by atoms with van der Waals surface area (Å²) in [5.74, 6) is 0.253. The molecule has 13 heteroatoms. The van der Waals surface area contributed by atoms with Crippen molar-refractivity contribution >= 4 is 36.2 Å². The van der Waals surface area contributed by atoms with E-state index in [-0.39, 0.29) is 5.91 Å². The van der Waals surface area contributed by atoms with Crippen LogP contribution in [0.15, 0.2) is 41.7 Å². The van der Waals surface area contributed by atoms with E-state index in [4.69, 9.17) is 25.2 Å². The lowest BCUT2D eigenvalue weighted by molar-refractivity contribution is -0.0503. The van der Waals surface area contributed by atoms with E-state index in [1.54, 1.807) is 49.3 Å². The van der Waals surface area contributed by atoms with Crippen LogP contribution in [0.3, 0.4) is 0 Å². The number of carbonyl (C=O) groups is 1. The van der Waals surface area contributed by atoms with Gasteiger partial charge in [0.1, 0.15) is 24.1 Å². The van der Waals surface area contributed by atoms with Crippen LogP contribution in [-0.2, 0) is 18.6 Å². The molecule has 2 N–H and O–H groups in total. The zero-order valence-electron chi connectivity index (χ0n) is 19.3. The molecule has 1 saturated heterocycles. The Morgan fingerprint density at radius 2 is 2.06 bits per heavy atom. The number of methoxy groups -OCH3 is 1. The first-order chi connectivity index (χ1) is 16.3. The van der Waals surface area contributed by atoms with Gasteiger partial charge in [-0.15, -0.1) is 0 Å². The Kier molecular flexibility index (Phi) is 7.42. The number of benzene rings is 1. The summed E-state index contributed by atoms with van der Waals surface area (Å²) in [7, 11) is 4.70. The minimum absolute atomic E-state index is 0.248. The van der Waals surface area contributed by atoms with Crippen LogP contribution in [0.25, 0.3) is 0 Å². The Morgan fingerprint density at radius 3 is 2.71 bits per heavy atom. The first-order valence-corrected chi connectivity index (χ1v) is 13.3. The van der Waals surface area contributed by atoms with Crippen molar-refractivity contribution in [3.05, 3.63) is 47.9 Å². The van der Waals surface area contributed by atoms with E-state index in [1.165, 1.54) is 18.1 Å². The minimum Gasteiger partial charge on any atom is -0.374 e. The van der Waals surface area contributed by atoms with Gasteiger partial charge in [0, 0.05) is 12.7 Å². The molecule has 0 bridgehead atoms. The molecule has 3 heterocycles. The number of amides is 1. The molecule has 2 aliphatic rings. The molecule has 0 spiro atoms. The van der Waals surface area contributed by atoms with Crippen molar-refractivity contribution in [2.24, 2.45) is 4.99 Å². The van der Waals surface area contributed by atoms with Gasteiger partial charge >= 0.3 is 6.87 Å². The molecule has 2 aliphatic heterocycles. The molecule has 3 unspecified atom stereocenters. The van der Waals surface area contributed by atoms with Crippen molar-refractivity contribution in [1.82, 2.24) is 24.9 Å². The lowest BCUT2D eigenvalue weighted by Crippen LogP contribution is -2.39. The highest BCUT2D eigenvalue weighted by Crippen LogP contribution is 2.57. The molecule has 1 aromatic heterocycles. The number of fused-ring (bicyclic) bond motifs is 1. The summed E-state index contributed by atoms with van der Waals surface area (Å²) in [6, 6.07) is 8.90. The quantitative estimate of drug-likeness (QED) is 0.520. The molecule has 0 saturated carbocycles. The zero-order chi connectivity index (χ0) is 24.5. The van der Waals surface area contributed by atoms with Crippen molar-refractivity contribution in [3.8, 4) is 0 Å². The maximum Gasteiger partial charge on any atom is 0.363 e. The zero-order valence-corrected chi connectivity index (χ0v) is 20.9. The summed E-state index contributed by atoms with van der Waals surface area (Å²) in [6.07, 6.45) is 0.695. The van der Waals surface area contributed by atoms with Gasteiger partial charge in [-0.05, 0) is 43.9 Å². The van der Waals surface area contributed by atoms with Gasteiger partial charge in [0.05, 0.1) is 18.8 Å². The second-order valence-corrected chi connectivity index (χ2v) is 11.3. The van der Waals surface area contributed by atoms with Gasteiger partial charge in [-0.25, -0.2) is 14.6 Å². The van der Waals surface area contributed by atoms with Gasteiger partial charge in [-0.1, -0.05) is 25.1 Å². The minimum atomic E-state index is -3.56. The van der Waals surface area contributed by atoms with E-state index >= 15 is 0 Å². The summed E-state index contributed by atoms with van der Waals surface area (Å²) in [5, 5.41) is 5.94. The lowest BCUT2D eigenvalue weighted by atomic mass is 10.1. The number of hydrogen-bond donors (Lipinski definition) is 2. The summed E-state index contributed by atoms with van der Waals surface area (Å²) in [4.78, 5) is 21.6. The maximum absolute atomic E-state index is 12.7. The van der Waals surface area contributed by atoms with Crippen LogP contribution in [0.1, 0.15) is 41.8 Å². The van der Waals surface area contributed by atoms with E-state index < -0.39 is 37.6 Å². The molecule has 6 atom stereocenters. The lowest BCUT2D eigenvalue weighted by Gasteiger charge is -2.28. The van der Waals surface area contributed by atoms with Crippen LogP contribution in [0.2, 0.25) is 0 Å². The number of nitrogens with zero attached hydrogens (tertiary/aromatic N) is 4. The van der Waals surface area contributed by atoms with Crippen molar-refractivity contribution < 1.29 is 23.4 Å². The second kappa shape index (κ2) is 10.2. The average Bonchev–Trinajstić information content (AvgIpc) is 3.40. The van der Waals surface area contributed by atoms with E-state index in [2.05, 4.69) is 20.6 Å². The van der Waals surface area contributed by atoms with Crippen LogP contribution < -0.4 is 10.6 Å². The van der Waals surface area contributed by atoms with Crippen LogP contribution in [0, 0.1) is 0 Å². The molecule has 0 aliphatic carbocycles. The number of nitrogens with one attached hydrogen (secondary N) is 2. The number of halogens is 1. The highest BCUT2D eigenvalue weighted by atomic mass is 35.7. The summed E-state index contributed by atoms with van der Waals surface area (Å²) in [6.45, 7) is -1.63. The summed E-state index contributed by atoms with van der Waals surface area (Å²) < 4.78 is 33.6. The van der Waals surface area contributed by atoms with Crippen molar-refractivity contribution in [3.63, 3.8) is 0 Å². The Hall–Kier alpha value is -2.27. The Balaban J connectivity index is 1.59. The molecule has 34 heavy (non-hydrogen) atoms. The smallest absolute Gasteiger partial charge is 0.363 e. The van der Waals surface area contributed by atoms with E-state index in [0.29, 0.717) is 23.5 Å². The predicted molar refractivity (Wildman–Crippen MR) is 127 cm³/mol. The summed E-state index contributed by atoms with van der Waals surface area (Å²) in [5.41, 5.74) is 1.06. The van der Waals surface area contributed by atoms with Crippen LogP contribution in [0.4, 0.5) is 5.82 Å². The topological polar surface area (TPSA) is 119 Å². The van der Waals surface area contributed by atoms with Gasteiger partial charge in [-0.2, -0.15) is 0 Å². The molecular formula is C21H28ClN6O5P. The number of hydrogen-bond acceptors (Lipinski definition) is 8. The molecule has 1 fully saturated rings. The van der Waals surface area contributed by atoms with Crippen LogP contribution in [-0.4, -0.2) is 66.0 Å². The van der Waals surface area contributed by atoms with Crippen LogP contribution >= 0.6 is 18.1 Å². The Labute approximate surface area is 202 Å². The average molecular weight is 511 g/mol. The van der Waals surface area contributed by atoms with Gasteiger partial charge in [0.25, 0.3) is 5.91 Å². The number of aliphatic imine (C=N–C) groups is 1. The number of imidazole rings is 1. The second-order valence-electron chi connectivity index (χ2n) is 8.10. The van der Waals surface area contributed by atoms with Gasteiger partial charge < -0.3 is 20.1 Å². The van der Waals surface area contributed by atoms with Crippen molar-refractivity contribution in [1.29, 1.82) is 0 Å².